The van der Waals surface area contributed by atoms with E-state index in [1.54, 1.807) is 6.33 Å². The Morgan fingerprint density at radius 2 is 1.86 bits per heavy atom. The molecule has 0 saturated carbocycles. The first kappa shape index (κ1) is 16.7. The second-order valence-electron chi connectivity index (χ2n) is 7.10. The van der Waals surface area contributed by atoms with E-state index in [-0.39, 0.29) is 5.91 Å². The molecule has 0 unspecified atom stereocenters. The van der Waals surface area contributed by atoms with Crippen LogP contribution in [0.2, 0.25) is 0 Å². The predicted molar refractivity (Wildman–Crippen MR) is 108 cm³/mol. The van der Waals surface area contributed by atoms with E-state index in [9.17, 15) is 4.79 Å². The lowest BCUT2D eigenvalue weighted by Crippen LogP contribution is -2.48. The lowest BCUT2D eigenvalue weighted by Gasteiger charge is -2.36. The fraction of sp³-hybridized carbons (Fsp3) is 0.238. The number of imidazole rings is 1. The van der Waals surface area contributed by atoms with E-state index in [0.29, 0.717) is 18.7 Å². The number of nitrogens with one attached hydrogen (secondary N) is 1. The first-order valence-corrected chi connectivity index (χ1v) is 9.38. The van der Waals surface area contributed by atoms with E-state index in [1.165, 1.54) is 0 Å². The van der Waals surface area contributed by atoms with Crippen molar-refractivity contribution in [3.63, 3.8) is 0 Å². The van der Waals surface area contributed by atoms with Gasteiger partial charge in [-0.05, 0) is 43.3 Å². The van der Waals surface area contributed by atoms with Crippen LogP contribution in [0.15, 0.2) is 48.9 Å². The topological polar surface area (TPSA) is 78.0 Å². The molecule has 1 amide bonds. The van der Waals surface area contributed by atoms with E-state index in [2.05, 4.69) is 37.0 Å². The quantitative estimate of drug-likeness (QED) is 0.585. The average Bonchev–Trinajstić information content (AvgIpc) is 3.12. The second-order valence-corrected chi connectivity index (χ2v) is 7.10. The van der Waals surface area contributed by atoms with Crippen molar-refractivity contribution in [2.24, 2.45) is 0 Å². The smallest absolute Gasteiger partial charge is 0.254 e. The van der Waals surface area contributed by atoms with Gasteiger partial charge in [0.1, 0.15) is 12.2 Å². The highest BCUT2D eigenvalue weighted by Gasteiger charge is 2.23. The Hall–Kier alpha value is -3.48. The summed E-state index contributed by atoms with van der Waals surface area (Å²) in [6.45, 7) is 4.91. The number of carbonyl (C=O) groups excluding carboxylic acids is 1. The van der Waals surface area contributed by atoms with Gasteiger partial charge in [0.25, 0.3) is 5.91 Å². The number of carbonyl (C=O) groups is 1. The Morgan fingerprint density at radius 1 is 1.04 bits per heavy atom. The molecule has 0 radical (unpaired) electrons. The maximum Gasteiger partial charge on any atom is 0.254 e. The first-order valence-electron chi connectivity index (χ1n) is 9.38. The summed E-state index contributed by atoms with van der Waals surface area (Å²) in [5.74, 6) is 0.926. The van der Waals surface area contributed by atoms with Crippen LogP contribution in [0.1, 0.15) is 16.2 Å². The summed E-state index contributed by atoms with van der Waals surface area (Å²) in [6, 6.07) is 11.9. The standard InChI is InChI=1S/C21H20N6O/c1-14-24-19-4-2-15(11-20(19)25-14)21(28)27-8-6-26(7-9-27)17-3-5-18-16(10-17)12-22-13-23-18/h2-5,10-13H,6-9H2,1H3,(H,24,25). The number of fused-ring (bicyclic) bond motifs is 2. The molecule has 3 heterocycles. The lowest BCUT2D eigenvalue weighted by molar-refractivity contribution is 0.0747. The fourth-order valence-corrected chi connectivity index (χ4v) is 3.79. The van der Waals surface area contributed by atoms with Gasteiger partial charge in [-0.15, -0.1) is 0 Å². The van der Waals surface area contributed by atoms with Gasteiger partial charge in [0, 0.05) is 49.0 Å². The number of piperazine rings is 1. The number of benzene rings is 2. The fourth-order valence-electron chi connectivity index (χ4n) is 3.79. The summed E-state index contributed by atoms with van der Waals surface area (Å²) < 4.78 is 0. The molecule has 1 fully saturated rings. The zero-order chi connectivity index (χ0) is 19.1. The van der Waals surface area contributed by atoms with Gasteiger partial charge in [-0.1, -0.05) is 0 Å². The maximum absolute atomic E-state index is 12.9. The largest absolute Gasteiger partial charge is 0.368 e. The lowest BCUT2D eigenvalue weighted by atomic mass is 10.1. The minimum absolute atomic E-state index is 0.0701. The second kappa shape index (κ2) is 6.60. The van der Waals surface area contributed by atoms with Crippen LogP contribution in [0, 0.1) is 6.92 Å². The van der Waals surface area contributed by atoms with Gasteiger partial charge in [0.2, 0.25) is 0 Å². The summed E-state index contributed by atoms with van der Waals surface area (Å²) >= 11 is 0. The first-order chi connectivity index (χ1) is 13.7. The number of hydrogen-bond donors (Lipinski definition) is 1. The molecule has 28 heavy (non-hydrogen) atoms. The van der Waals surface area contributed by atoms with Crippen molar-refractivity contribution in [3.05, 3.63) is 60.3 Å². The van der Waals surface area contributed by atoms with Crippen molar-refractivity contribution in [2.75, 3.05) is 31.1 Å². The van der Waals surface area contributed by atoms with E-state index < -0.39 is 0 Å². The molecule has 5 rings (SSSR count). The summed E-state index contributed by atoms with van der Waals surface area (Å²) in [6.07, 6.45) is 3.40. The molecule has 0 atom stereocenters. The van der Waals surface area contributed by atoms with Gasteiger partial charge in [0.05, 0.1) is 16.6 Å². The molecule has 1 saturated heterocycles. The van der Waals surface area contributed by atoms with Crippen LogP contribution in [-0.2, 0) is 0 Å². The molecule has 7 nitrogen and oxygen atoms in total. The molecule has 2 aromatic carbocycles. The maximum atomic E-state index is 12.9. The Labute approximate surface area is 162 Å². The summed E-state index contributed by atoms with van der Waals surface area (Å²) in [5, 5.41) is 1.03. The zero-order valence-corrected chi connectivity index (χ0v) is 15.6. The third kappa shape index (κ3) is 2.94. The Morgan fingerprint density at radius 3 is 2.71 bits per heavy atom. The molecule has 4 aromatic rings. The molecule has 0 spiro atoms. The third-order valence-corrected chi connectivity index (χ3v) is 5.27. The highest BCUT2D eigenvalue weighted by molar-refractivity contribution is 5.97. The van der Waals surface area contributed by atoms with E-state index in [0.717, 1.165) is 46.5 Å². The Kier molecular flexibility index (Phi) is 3.93. The van der Waals surface area contributed by atoms with Crippen LogP contribution in [-0.4, -0.2) is 56.9 Å². The van der Waals surface area contributed by atoms with Crippen LogP contribution in [0.4, 0.5) is 5.69 Å². The SMILES string of the molecule is Cc1nc2ccc(C(=O)N3CCN(c4ccc5ncncc5c4)CC3)cc2[nH]1. The van der Waals surface area contributed by atoms with Crippen molar-refractivity contribution >= 4 is 33.5 Å². The molecule has 2 aromatic heterocycles. The Balaban J connectivity index is 1.30. The molecule has 7 heteroatoms. The Bertz CT molecular complexity index is 1180. The summed E-state index contributed by atoms with van der Waals surface area (Å²) in [5.41, 5.74) is 4.58. The molecule has 1 aliphatic rings. The molecule has 0 bridgehead atoms. The van der Waals surface area contributed by atoms with Crippen LogP contribution >= 0.6 is 0 Å². The van der Waals surface area contributed by atoms with Gasteiger partial charge in [-0.2, -0.15) is 0 Å². The van der Waals surface area contributed by atoms with Crippen molar-refractivity contribution in [1.29, 1.82) is 0 Å². The normalized spacial score (nSPS) is 14.8. The van der Waals surface area contributed by atoms with E-state index in [1.807, 2.05) is 42.3 Å². The number of nitrogens with zero attached hydrogens (tertiary/aromatic N) is 5. The van der Waals surface area contributed by atoms with Crippen molar-refractivity contribution < 1.29 is 4.79 Å². The van der Waals surface area contributed by atoms with Gasteiger partial charge >= 0.3 is 0 Å². The minimum Gasteiger partial charge on any atom is -0.368 e. The van der Waals surface area contributed by atoms with Gasteiger partial charge in [-0.25, -0.2) is 15.0 Å². The number of amides is 1. The van der Waals surface area contributed by atoms with Crippen LogP contribution in [0.3, 0.4) is 0 Å². The third-order valence-electron chi connectivity index (χ3n) is 5.27. The molecular weight excluding hydrogens is 352 g/mol. The average molecular weight is 372 g/mol. The van der Waals surface area contributed by atoms with Gasteiger partial charge in [-0.3, -0.25) is 4.79 Å². The summed E-state index contributed by atoms with van der Waals surface area (Å²) in [7, 11) is 0. The number of aromatic amines is 1. The van der Waals surface area contributed by atoms with Crippen molar-refractivity contribution in [1.82, 2.24) is 24.8 Å². The van der Waals surface area contributed by atoms with Crippen LogP contribution in [0.25, 0.3) is 21.9 Å². The molecule has 140 valence electrons. The molecular formula is C21H20N6O. The molecule has 1 aliphatic heterocycles. The van der Waals surface area contributed by atoms with E-state index >= 15 is 0 Å². The number of anilines is 1. The molecule has 1 N–H and O–H groups in total. The number of aromatic nitrogens is 4. The van der Waals surface area contributed by atoms with E-state index in [4.69, 9.17) is 0 Å². The number of hydrogen-bond acceptors (Lipinski definition) is 5. The van der Waals surface area contributed by atoms with Crippen molar-refractivity contribution in [3.8, 4) is 0 Å². The summed E-state index contributed by atoms with van der Waals surface area (Å²) in [4.78, 5) is 33.1. The number of H-pyrrole nitrogens is 1. The highest BCUT2D eigenvalue weighted by atomic mass is 16.2. The highest BCUT2D eigenvalue weighted by Crippen LogP contribution is 2.22. The van der Waals surface area contributed by atoms with Crippen LogP contribution < -0.4 is 4.90 Å². The van der Waals surface area contributed by atoms with Gasteiger partial charge < -0.3 is 14.8 Å². The molecule has 0 aliphatic carbocycles. The van der Waals surface area contributed by atoms with Gasteiger partial charge in [0.15, 0.2) is 0 Å². The zero-order valence-electron chi connectivity index (χ0n) is 15.6. The number of rotatable bonds is 2. The van der Waals surface area contributed by atoms with Crippen molar-refractivity contribution in [2.45, 2.75) is 6.92 Å². The van der Waals surface area contributed by atoms with Crippen LogP contribution in [0.5, 0.6) is 0 Å². The monoisotopic (exact) mass is 372 g/mol. The number of aryl methyl sites for hydroxylation is 1. The predicted octanol–water partition coefficient (Wildman–Crippen LogP) is 2.78. The minimum atomic E-state index is 0.0701.